The first-order valence-electron chi connectivity index (χ1n) is 8.50. The van der Waals surface area contributed by atoms with Crippen LogP contribution in [0.15, 0.2) is 0 Å². The third-order valence-electron chi connectivity index (χ3n) is 2.22. The first-order chi connectivity index (χ1) is 15.9. The predicted molar refractivity (Wildman–Crippen MR) is 138 cm³/mol. The third-order valence-corrected chi connectivity index (χ3v) is 3.60. The van der Waals surface area contributed by atoms with Gasteiger partial charge in [-0.05, 0) is 87.6 Å². The molecule has 35 heavy (non-hydrogen) atoms. The Morgan fingerprint density at radius 3 is 1.14 bits per heavy atom. The highest BCUT2D eigenvalue weighted by Crippen LogP contribution is 2.01. The molecule has 0 spiro atoms. The second kappa shape index (κ2) is 28.3. The number of rotatable bonds is 14. The van der Waals surface area contributed by atoms with Gasteiger partial charge in [0.2, 0.25) is 37.2 Å². The van der Waals surface area contributed by atoms with Crippen LogP contribution in [0, 0.1) is 0 Å². The van der Waals surface area contributed by atoms with E-state index in [1.54, 1.807) is 0 Å². The Labute approximate surface area is 245 Å². The van der Waals surface area contributed by atoms with E-state index in [1.165, 1.54) is 0 Å². The van der Waals surface area contributed by atoms with Crippen molar-refractivity contribution < 1.29 is 43.1 Å². The van der Waals surface area contributed by atoms with Gasteiger partial charge >= 0.3 is 0 Å². The lowest BCUT2D eigenvalue weighted by Gasteiger charge is -1.94. The van der Waals surface area contributed by atoms with Crippen LogP contribution in [-0.4, -0.2) is 60.0 Å². The molecule has 0 fully saturated rings. The van der Waals surface area contributed by atoms with E-state index in [4.69, 9.17) is 92.8 Å². The molecule has 0 saturated carbocycles. The summed E-state index contributed by atoms with van der Waals surface area (Å²) in [6.45, 7) is -0.0518. The third kappa shape index (κ3) is 55.5. The predicted octanol–water partition coefficient (Wildman–Crippen LogP) is 4.80. The maximum Gasteiger partial charge on any atom is 0.288 e. The Morgan fingerprint density at radius 2 is 0.914 bits per heavy atom. The molecule has 9 nitrogen and oxygen atoms in total. The maximum absolute atomic E-state index is 10.4. The Hall–Kier alpha value is -0.270. The van der Waals surface area contributed by atoms with Crippen LogP contribution in [0.1, 0.15) is 38.5 Å². The second-order valence-electron chi connectivity index (χ2n) is 5.21. The molecule has 0 amide bonds. The molecule has 0 saturated heterocycles. The van der Waals surface area contributed by atoms with Crippen LogP contribution >= 0.6 is 105 Å². The molecule has 0 atom stereocenters. The van der Waals surface area contributed by atoms with Crippen molar-refractivity contribution >= 4 is 152 Å². The molecule has 0 radical (unpaired) electrons. The number of Topliss-reactive ketones (excluding diaryl/α,β-unsaturated/α-hetero) is 1. The zero-order valence-corrected chi connectivity index (χ0v) is 24.1. The van der Waals surface area contributed by atoms with Crippen LogP contribution in [0.3, 0.4) is 0 Å². The molecule has 0 aromatic carbocycles. The molecule has 0 aliphatic rings. The fraction of sp³-hybridized carbons (Fsp3) is 0.471. The van der Waals surface area contributed by atoms with Crippen molar-refractivity contribution in [2.45, 2.75) is 38.5 Å². The highest BCUT2D eigenvalue weighted by molar-refractivity contribution is 7.83. The average Bonchev–Trinajstić information content (AvgIpc) is 2.65. The fourth-order valence-corrected chi connectivity index (χ4v) is 2.00. The molecule has 0 N–H and O–H groups in total. The standard InChI is InChI=1S/C5H4Cl2O3.C5H6Cl2O2.C4H4Cl2O2S.C3H2Cl2O2/c6-4(9)2-1-3(8)5(7)10;6-4(8)2-1-3-5(7)9;5-3(7)1-8-2-4(6)9;4-2(6)1-3(5)7/h1-2H2;1-3H2;1-2H2;1H2. The van der Waals surface area contributed by atoms with Crippen molar-refractivity contribution in [3.05, 3.63) is 0 Å². The summed E-state index contributed by atoms with van der Waals surface area (Å²) in [4.78, 5) is 79.9. The van der Waals surface area contributed by atoms with Crippen LogP contribution in [0.4, 0.5) is 0 Å². The van der Waals surface area contributed by atoms with Crippen molar-refractivity contribution in [3.8, 4) is 0 Å². The summed E-state index contributed by atoms with van der Waals surface area (Å²) in [5, 5.41) is -4.55. The molecule has 200 valence electrons. The van der Waals surface area contributed by atoms with Crippen molar-refractivity contribution in [2.24, 2.45) is 0 Å². The number of ether oxygens (including phenoxy) is 1. The average molecular weight is 680 g/mol. The Balaban J connectivity index is -0.000000184. The van der Waals surface area contributed by atoms with E-state index in [-0.39, 0.29) is 49.6 Å². The van der Waals surface area contributed by atoms with Gasteiger partial charge in [-0.15, -0.1) is 0 Å². The first kappa shape index (κ1) is 41.8. The summed E-state index contributed by atoms with van der Waals surface area (Å²) in [5.41, 5.74) is 0. The number of carbonyl (C=O) groups is 8. The van der Waals surface area contributed by atoms with Gasteiger partial charge < -0.3 is 4.74 Å². The molecule has 0 heterocycles. The van der Waals surface area contributed by atoms with Gasteiger partial charge in [0.15, 0.2) is 0 Å². The van der Waals surface area contributed by atoms with E-state index < -0.39 is 42.5 Å². The van der Waals surface area contributed by atoms with Crippen molar-refractivity contribution in [3.63, 3.8) is 0 Å². The summed E-state index contributed by atoms with van der Waals surface area (Å²) < 4.78 is 4.79. The van der Waals surface area contributed by atoms with Crippen LogP contribution < -0.4 is 0 Å². The maximum atomic E-state index is 10.4. The quantitative estimate of drug-likeness (QED) is 0.109. The molecule has 18 heteroatoms. The second-order valence-corrected chi connectivity index (χ2v) is 9.25. The molecular formula is C17H16Cl8O9S. The van der Waals surface area contributed by atoms with E-state index in [0.29, 0.717) is 6.42 Å². The normalized spacial score (nSPS) is 8.91. The van der Waals surface area contributed by atoms with E-state index in [2.05, 4.69) is 17.0 Å². The molecule has 0 aromatic rings. The van der Waals surface area contributed by atoms with Gasteiger partial charge in [-0.1, -0.05) is 23.8 Å². The van der Waals surface area contributed by atoms with Gasteiger partial charge in [0, 0.05) is 25.7 Å². The van der Waals surface area contributed by atoms with Crippen LogP contribution in [0.25, 0.3) is 0 Å². The highest BCUT2D eigenvalue weighted by atomic mass is 35.5. The monoisotopic (exact) mass is 676 g/mol. The topological polar surface area (TPSA) is 146 Å². The van der Waals surface area contributed by atoms with Crippen molar-refractivity contribution in [1.82, 2.24) is 0 Å². The number of halogens is 8. The molecule has 0 unspecified atom stereocenters. The Bertz CT molecular complexity index is 705. The highest BCUT2D eigenvalue weighted by Gasteiger charge is 2.10. The van der Waals surface area contributed by atoms with E-state index in [1.807, 2.05) is 0 Å². The number of hydrogen-bond donors (Lipinski definition) is 0. The summed E-state index contributed by atoms with van der Waals surface area (Å²) >= 11 is 43.6. The minimum atomic E-state index is -1.06. The number of carbonyl (C=O) groups excluding carboxylic acids is 8. The molecule has 0 rings (SSSR count). The molecule has 0 aliphatic carbocycles. The van der Waals surface area contributed by atoms with Gasteiger partial charge in [-0.3, -0.25) is 38.4 Å². The summed E-state index contributed by atoms with van der Waals surface area (Å²) in [6.07, 6.45) is 0.164. The van der Waals surface area contributed by atoms with Crippen molar-refractivity contribution in [2.75, 3.05) is 13.2 Å². The SMILES string of the molecule is O=C(Cl)CC(=O)Cl.O=C(Cl)CCC(=O)C(=O)Cl.O=C(Cl)CCCC(=O)Cl.O=C(Cl)COCC(=S)Cl. The smallest absolute Gasteiger partial charge is 0.288 e. The summed E-state index contributed by atoms with van der Waals surface area (Å²) in [6, 6.07) is 0. The number of hydrogen-bond acceptors (Lipinski definition) is 10. The van der Waals surface area contributed by atoms with E-state index in [0.717, 1.165) is 0 Å². The van der Waals surface area contributed by atoms with E-state index in [9.17, 15) is 38.4 Å². The zero-order chi connectivity index (χ0) is 28.6. The van der Waals surface area contributed by atoms with E-state index >= 15 is 0 Å². The lowest BCUT2D eigenvalue weighted by molar-refractivity contribution is -0.132. The van der Waals surface area contributed by atoms with Crippen LogP contribution in [0.2, 0.25) is 0 Å². The number of thiocarbonyl (C=S) groups is 1. The zero-order valence-electron chi connectivity index (χ0n) is 17.3. The molecule has 0 bridgehead atoms. The Kier molecular flexibility index (Phi) is 33.8. The Morgan fingerprint density at radius 1 is 0.514 bits per heavy atom. The van der Waals surface area contributed by atoms with Gasteiger partial charge in [-0.25, -0.2) is 0 Å². The number of ketones is 1. The van der Waals surface area contributed by atoms with Crippen LogP contribution in [-0.2, 0) is 43.1 Å². The summed E-state index contributed by atoms with van der Waals surface area (Å²) in [5.74, 6) is -0.782. The summed E-state index contributed by atoms with van der Waals surface area (Å²) in [7, 11) is 0. The largest absolute Gasteiger partial charge is 0.366 e. The van der Waals surface area contributed by atoms with Crippen molar-refractivity contribution in [1.29, 1.82) is 0 Å². The first-order valence-corrected chi connectivity index (χ1v) is 11.9. The van der Waals surface area contributed by atoms with Gasteiger partial charge in [0.05, 0.1) is 13.0 Å². The van der Waals surface area contributed by atoms with Gasteiger partial charge in [0.1, 0.15) is 10.9 Å². The molecule has 0 aliphatic heterocycles. The minimum absolute atomic E-state index is 0.0926. The van der Waals surface area contributed by atoms with Gasteiger partial charge in [-0.2, -0.15) is 0 Å². The minimum Gasteiger partial charge on any atom is -0.366 e. The van der Waals surface area contributed by atoms with Crippen LogP contribution in [0.5, 0.6) is 0 Å². The molecule has 0 aromatic heterocycles. The lowest BCUT2D eigenvalue weighted by Crippen LogP contribution is -2.07. The van der Waals surface area contributed by atoms with Gasteiger partial charge in [0.25, 0.3) is 5.24 Å². The molecular weight excluding hydrogens is 664 g/mol. The lowest BCUT2D eigenvalue weighted by atomic mass is 10.2. The fourth-order valence-electron chi connectivity index (χ4n) is 0.997.